The molecule has 32 heavy (non-hydrogen) atoms. The molecule has 9 heteroatoms. The first kappa shape index (κ1) is 23.2. The van der Waals surface area contributed by atoms with E-state index < -0.39 is 15.1 Å². The summed E-state index contributed by atoms with van der Waals surface area (Å²) in [6.07, 6.45) is 0.736. The number of amides is 1. The van der Waals surface area contributed by atoms with E-state index in [1.807, 2.05) is 60.7 Å². The molecular weight excluding hydrogens is 542 g/mol. The van der Waals surface area contributed by atoms with Gasteiger partial charge in [0.05, 0.1) is 25.9 Å². The number of carbonyl (C=O) groups excluding carboxylic acids is 1. The van der Waals surface area contributed by atoms with Gasteiger partial charge in [0.25, 0.3) is 0 Å². The standard InChI is InChI=1S/C23H25Br2N3O4/c24-22(25)11-12-32-23(22)13-19(16-30-14-17-7-3-1-4-8-17)26-20(28-23)27-21(29)31-15-18-9-5-2-6-10-18/h1-10,19H,11-16H2,(H2,26,27,28,29)/t19-,23-/m1/s1. The Hall–Kier alpha value is -1.94. The molecule has 2 heterocycles. The number of hydrogen-bond acceptors (Lipinski definition) is 6. The maximum atomic E-state index is 12.4. The second kappa shape index (κ2) is 10.3. The van der Waals surface area contributed by atoms with Gasteiger partial charge < -0.3 is 19.5 Å². The van der Waals surface area contributed by atoms with Crippen LogP contribution in [0.25, 0.3) is 0 Å². The summed E-state index contributed by atoms with van der Waals surface area (Å²) in [4.78, 5) is 17.0. The Labute approximate surface area is 204 Å². The summed E-state index contributed by atoms with van der Waals surface area (Å²) in [5.74, 6) is 0.299. The molecule has 0 radical (unpaired) electrons. The topological polar surface area (TPSA) is 81.2 Å². The Kier molecular flexibility index (Phi) is 7.50. The van der Waals surface area contributed by atoms with Crippen LogP contribution >= 0.6 is 31.9 Å². The lowest BCUT2D eigenvalue weighted by atomic mass is 9.99. The Morgan fingerprint density at radius 2 is 1.75 bits per heavy atom. The number of nitrogens with zero attached hydrogens (tertiary/aromatic N) is 1. The summed E-state index contributed by atoms with van der Waals surface area (Å²) in [7, 11) is 0. The number of alkyl carbamates (subject to hydrolysis) is 1. The number of aliphatic imine (C=N–C) groups is 1. The van der Waals surface area contributed by atoms with Crippen LogP contribution in [-0.4, -0.2) is 40.3 Å². The molecule has 0 aromatic heterocycles. The average Bonchev–Trinajstić information content (AvgIpc) is 3.06. The van der Waals surface area contributed by atoms with E-state index in [9.17, 15) is 4.79 Å². The predicted molar refractivity (Wildman–Crippen MR) is 129 cm³/mol. The van der Waals surface area contributed by atoms with Crippen molar-refractivity contribution in [3.8, 4) is 0 Å². The monoisotopic (exact) mass is 565 g/mol. The molecule has 1 spiro atoms. The first-order valence-corrected chi connectivity index (χ1v) is 12.0. The van der Waals surface area contributed by atoms with Crippen LogP contribution in [0.3, 0.4) is 0 Å². The molecule has 2 aromatic carbocycles. The molecule has 2 N–H and O–H groups in total. The zero-order chi connectivity index (χ0) is 22.4. The van der Waals surface area contributed by atoms with Crippen molar-refractivity contribution in [1.82, 2.24) is 10.6 Å². The normalized spacial score (nSPS) is 23.9. The Morgan fingerprint density at radius 3 is 2.38 bits per heavy atom. The van der Waals surface area contributed by atoms with Gasteiger partial charge in [-0.1, -0.05) is 92.5 Å². The summed E-state index contributed by atoms with van der Waals surface area (Å²) >= 11 is 7.48. The molecule has 2 aliphatic rings. The molecule has 2 aromatic rings. The van der Waals surface area contributed by atoms with Crippen LogP contribution in [0.5, 0.6) is 0 Å². The van der Waals surface area contributed by atoms with Crippen molar-refractivity contribution in [3.63, 3.8) is 0 Å². The number of ether oxygens (including phenoxy) is 3. The molecule has 170 valence electrons. The smallest absolute Gasteiger partial charge is 0.414 e. The Morgan fingerprint density at radius 1 is 1.09 bits per heavy atom. The van der Waals surface area contributed by atoms with Gasteiger partial charge in [0, 0.05) is 12.8 Å². The first-order chi connectivity index (χ1) is 15.5. The van der Waals surface area contributed by atoms with Gasteiger partial charge in [-0.15, -0.1) is 0 Å². The highest BCUT2D eigenvalue weighted by Gasteiger charge is 2.57. The van der Waals surface area contributed by atoms with Crippen molar-refractivity contribution in [2.75, 3.05) is 13.2 Å². The van der Waals surface area contributed by atoms with E-state index in [2.05, 4.69) is 47.5 Å². The number of benzene rings is 2. The molecule has 0 unspecified atom stereocenters. The van der Waals surface area contributed by atoms with Crippen molar-refractivity contribution in [3.05, 3.63) is 71.8 Å². The lowest BCUT2D eigenvalue weighted by molar-refractivity contribution is -0.0342. The van der Waals surface area contributed by atoms with E-state index in [1.165, 1.54) is 0 Å². The average molecular weight is 567 g/mol. The number of alkyl halides is 2. The van der Waals surface area contributed by atoms with Crippen molar-refractivity contribution in [1.29, 1.82) is 0 Å². The van der Waals surface area contributed by atoms with Gasteiger partial charge >= 0.3 is 6.09 Å². The van der Waals surface area contributed by atoms with Gasteiger partial charge in [-0.05, 0) is 11.1 Å². The van der Waals surface area contributed by atoms with Gasteiger partial charge in [0.2, 0.25) is 5.96 Å². The fraction of sp³-hybridized carbons (Fsp3) is 0.391. The first-order valence-electron chi connectivity index (χ1n) is 10.4. The van der Waals surface area contributed by atoms with Crippen molar-refractivity contribution < 1.29 is 19.0 Å². The third-order valence-electron chi connectivity index (χ3n) is 5.37. The maximum Gasteiger partial charge on any atom is 0.414 e. The molecule has 1 amide bonds. The maximum absolute atomic E-state index is 12.4. The van der Waals surface area contributed by atoms with Crippen LogP contribution in [0.2, 0.25) is 0 Å². The molecule has 1 fully saturated rings. The van der Waals surface area contributed by atoms with Gasteiger partial charge in [-0.25, -0.2) is 9.79 Å². The summed E-state index contributed by atoms with van der Waals surface area (Å²) in [6, 6.07) is 19.3. The van der Waals surface area contributed by atoms with E-state index in [4.69, 9.17) is 14.2 Å². The summed E-state index contributed by atoms with van der Waals surface area (Å²) in [6.45, 7) is 1.62. The number of nitrogens with one attached hydrogen (secondary N) is 2. The van der Waals surface area contributed by atoms with Crippen molar-refractivity contribution in [2.45, 2.75) is 41.1 Å². The molecule has 4 rings (SSSR count). The quantitative estimate of drug-likeness (QED) is 0.505. The number of hydrogen-bond donors (Lipinski definition) is 2. The predicted octanol–water partition coefficient (Wildman–Crippen LogP) is 4.45. The molecule has 1 saturated heterocycles. The van der Waals surface area contributed by atoms with Crippen LogP contribution in [0, 0.1) is 0 Å². The van der Waals surface area contributed by atoms with Crippen LogP contribution in [0.15, 0.2) is 65.7 Å². The minimum atomic E-state index is -0.780. The Balaban J connectivity index is 1.40. The van der Waals surface area contributed by atoms with Gasteiger partial charge in [0.1, 0.15) is 9.84 Å². The minimum Gasteiger partial charge on any atom is -0.444 e. The second-order valence-corrected chi connectivity index (χ2v) is 11.5. The SMILES string of the molecule is O=C(NC1=N[C@@H](COCc2ccccc2)C[C@@]2(N1)OCCC2(Br)Br)OCc1ccccc1. The van der Waals surface area contributed by atoms with E-state index in [1.54, 1.807) is 0 Å². The fourth-order valence-corrected chi connectivity index (χ4v) is 4.81. The van der Waals surface area contributed by atoms with Crippen LogP contribution < -0.4 is 10.6 Å². The highest BCUT2D eigenvalue weighted by molar-refractivity contribution is 9.25. The van der Waals surface area contributed by atoms with Crippen molar-refractivity contribution >= 4 is 43.9 Å². The zero-order valence-corrected chi connectivity index (χ0v) is 20.6. The van der Waals surface area contributed by atoms with Crippen LogP contribution in [0.1, 0.15) is 24.0 Å². The third kappa shape index (κ3) is 5.70. The van der Waals surface area contributed by atoms with Gasteiger partial charge in [-0.2, -0.15) is 0 Å². The van der Waals surface area contributed by atoms with E-state index in [0.717, 1.165) is 17.5 Å². The lowest BCUT2D eigenvalue weighted by Gasteiger charge is -2.43. The van der Waals surface area contributed by atoms with Gasteiger partial charge in [0.15, 0.2) is 5.72 Å². The summed E-state index contributed by atoms with van der Waals surface area (Å²) in [5, 5.41) is 5.97. The second-order valence-electron chi connectivity index (χ2n) is 7.78. The number of carbonyl (C=O) groups is 1. The number of halogens is 2. The zero-order valence-electron chi connectivity index (χ0n) is 17.4. The number of guanidine groups is 1. The third-order valence-corrected chi connectivity index (χ3v) is 7.44. The summed E-state index contributed by atoms with van der Waals surface area (Å²) < 4.78 is 16.9. The largest absolute Gasteiger partial charge is 0.444 e. The molecule has 0 saturated carbocycles. The Bertz CT molecular complexity index is 943. The van der Waals surface area contributed by atoms with E-state index in [0.29, 0.717) is 32.2 Å². The lowest BCUT2D eigenvalue weighted by Crippen LogP contribution is -2.64. The van der Waals surface area contributed by atoms with E-state index >= 15 is 0 Å². The molecule has 7 nitrogen and oxygen atoms in total. The molecule has 2 aliphatic heterocycles. The summed E-state index contributed by atoms with van der Waals surface area (Å²) in [5.41, 5.74) is 1.22. The fourth-order valence-electron chi connectivity index (χ4n) is 3.73. The number of rotatable bonds is 6. The molecule has 0 bridgehead atoms. The van der Waals surface area contributed by atoms with E-state index in [-0.39, 0.29) is 12.6 Å². The highest BCUT2D eigenvalue weighted by atomic mass is 79.9. The van der Waals surface area contributed by atoms with Gasteiger partial charge in [-0.3, -0.25) is 5.32 Å². The minimum absolute atomic E-state index is 0.173. The van der Waals surface area contributed by atoms with Crippen molar-refractivity contribution in [2.24, 2.45) is 4.99 Å². The molecule has 2 atom stereocenters. The molecular formula is C23H25Br2N3O4. The van der Waals surface area contributed by atoms with Crippen LogP contribution in [-0.2, 0) is 27.4 Å². The highest BCUT2D eigenvalue weighted by Crippen LogP contribution is 2.49. The van der Waals surface area contributed by atoms with Crippen LogP contribution in [0.4, 0.5) is 4.79 Å². The molecule has 0 aliphatic carbocycles.